The van der Waals surface area contributed by atoms with E-state index in [1.54, 1.807) is 0 Å². The number of benzene rings is 2. The van der Waals surface area contributed by atoms with Crippen molar-refractivity contribution in [1.29, 1.82) is 0 Å². The quantitative estimate of drug-likeness (QED) is 0.478. The van der Waals surface area contributed by atoms with Crippen LogP contribution in [0.2, 0.25) is 0 Å². The van der Waals surface area contributed by atoms with E-state index in [-0.39, 0.29) is 22.6 Å². The molecule has 2 rings (SSSR count). The van der Waals surface area contributed by atoms with Gasteiger partial charge < -0.3 is 9.47 Å². The van der Waals surface area contributed by atoms with Crippen molar-refractivity contribution >= 4 is 39.8 Å². The maximum atomic E-state index is 11.6. The van der Waals surface area contributed by atoms with E-state index in [0.717, 1.165) is 0 Å². The fraction of sp³-hybridized carbons (Fsp3) is 0. The van der Waals surface area contributed by atoms with Gasteiger partial charge in [-0.1, -0.05) is 0 Å². The number of carbonyl (C=O) groups excluding carboxylic acids is 3. The average molecular weight is 339 g/mol. The van der Waals surface area contributed by atoms with Crippen molar-refractivity contribution in [2.24, 2.45) is 0 Å². The lowest BCUT2D eigenvalue weighted by Crippen LogP contribution is -2.13. The summed E-state index contributed by atoms with van der Waals surface area (Å²) in [6.07, 6.45) is -0.963. The molecule has 0 aliphatic rings. The van der Waals surface area contributed by atoms with E-state index in [9.17, 15) is 14.4 Å². The third-order valence-corrected chi connectivity index (χ3v) is 3.00. The summed E-state index contributed by atoms with van der Waals surface area (Å²) in [5.74, 6) is 0.387. The lowest BCUT2D eigenvalue weighted by molar-refractivity contribution is 0.107. The van der Waals surface area contributed by atoms with E-state index < -0.39 is 16.6 Å². The molecule has 7 heteroatoms. The van der Waals surface area contributed by atoms with Gasteiger partial charge in [-0.2, -0.15) is 0 Å². The third kappa shape index (κ3) is 4.31. The molecule has 2 aromatic rings. The van der Waals surface area contributed by atoms with Crippen LogP contribution in [0.5, 0.6) is 11.5 Å². The van der Waals surface area contributed by atoms with Crippen LogP contribution in [-0.2, 0) is 0 Å². The molecular formula is C15H8Cl2O5. The van der Waals surface area contributed by atoms with Gasteiger partial charge in [0.2, 0.25) is 0 Å². The first-order valence-electron chi connectivity index (χ1n) is 5.95. The van der Waals surface area contributed by atoms with Crippen molar-refractivity contribution in [2.45, 2.75) is 0 Å². The molecule has 0 saturated carbocycles. The van der Waals surface area contributed by atoms with Gasteiger partial charge in [-0.15, -0.1) is 0 Å². The van der Waals surface area contributed by atoms with Crippen molar-refractivity contribution in [2.75, 3.05) is 0 Å². The van der Waals surface area contributed by atoms with Gasteiger partial charge in [-0.3, -0.25) is 9.59 Å². The number of hydrogen-bond donors (Lipinski definition) is 0. The molecule has 0 fully saturated rings. The lowest BCUT2D eigenvalue weighted by Gasteiger charge is -2.06. The van der Waals surface area contributed by atoms with E-state index in [1.807, 2.05) is 0 Å². The van der Waals surface area contributed by atoms with Crippen molar-refractivity contribution < 1.29 is 23.9 Å². The maximum Gasteiger partial charge on any atom is 0.519 e. The molecule has 0 aromatic heterocycles. The summed E-state index contributed by atoms with van der Waals surface area (Å²) >= 11 is 10.6. The Balaban J connectivity index is 1.97. The monoisotopic (exact) mass is 338 g/mol. The minimum atomic E-state index is -0.963. The number of rotatable bonds is 4. The van der Waals surface area contributed by atoms with E-state index >= 15 is 0 Å². The van der Waals surface area contributed by atoms with Gasteiger partial charge in [-0.05, 0) is 71.7 Å². The first-order valence-corrected chi connectivity index (χ1v) is 6.71. The fourth-order valence-corrected chi connectivity index (χ4v) is 1.77. The van der Waals surface area contributed by atoms with Crippen molar-refractivity contribution in [3.05, 3.63) is 59.7 Å². The largest absolute Gasteiger partial charge is 0.519 e. The molecule has 0 radical (unpaired) electrons. The Bertz CT molecular complexity index is 646. The zero-order chi connectivity index (χ0) is 16.1. The molecule has 22 heavy (non-hydrogen) atoms. The Morgan fingerprint density at radius 2 is 0.955 bits per heavy atom. The SMILES string of the molecule is O=C(Oc1ccc(C(=O)Cl)cc1)Oc1ccc(C(=O)Cl)cc1. The summed E-state index contributed by atoms with van der Waals surface area (Å²) in [6.45, 7) is 0. The van der Waals surface area contributed by atoms with Crippen LogP contribution >= 0.6 is 23.2 Å². The van der Waals surface area contributed by atoms with Gasteiger partial charge in [0.1, 0.15) is 11.5 Å². The topological polar surface area (TPSA) is 69.7 Å². The van der Waals surface area contributed by atoms with Crippen LogP contribution in [0.1, 0.15) is 20.7 Å². The predicted molar refractivity (Wildman–Crippen MR) is 79.9 cm³/mol. The first kappa shape index (κ1) is 16.0. The van der Waals surface area contributed by atoms with Gasteiger partial charge in [0, 0.05) is 11.1 Å². The van der Waals surface area contributed by atoms with Gasteiger partial charge in [0.15, 0.2) is 0 Å². The van der Waals surface area contributed by atoms with Crippen molar-refractivity contribution in [3.63, 3.8) is 0 Å². The van der Waals surface area contributed by atoms with Gasteiger partial charge in [0.05, 0.1) is 0 Å². The normalized spacial score (nSPS) is 9.91. The summed E-state index contributed by atoms with van der Waals surface area (Å²) in [5, 5.41) is -1.22. The third-order valence-electron chi connectivity index (χ3n) is 2.56. The highest BCUT2D eigenvalue weighted by atomic mass is 35.5. The molecule has 0 bridgehead atoms. The van der Waals surface area contributed by atoms with Gasteiger partial charge in [-0.25, -0.2) is 4.79 Å². The van der Waals surface area contributed by atoms with Crippen LogP contribution in [-0.4, -0.2) is 16.6 Å². The van der Waals surface area contributed by atoms with E-state index in [2.05, 4.69) is 0 Å². The zero-order valence-electron chi connectivity index (χ0n) is 10.9. The standard InChI is InChI=1S/C15H8Cl2O5/c16-13(18)9-1-5-11(6-2-9)21-15(20)22-12-7-3-10(4-8-12)14(17)19/h1-8H. The fourth-order valence-electron chi connectivity index (χ4n) is 1.52. The molecule has 0 spiro atoms. The summed E-state index contributed by atoms with van der Waals surface area (Å²) in [4.78, 5) is 33.4. The minimum absolute atomic E-state index is 0.194. The zero-order valence-corrected chi connectivity index (χ0v) is 12.4. The van der Waals surface area contributed by atoms with E-state index in [0.29, 0.717) is 0 Å². The van der Waals surface area contributed by atoms with Gasteiger partial charge >= 0.3 is 6.16 Å². The molecule has 2 aromatic carbocycles. The lowest BCUT2D eigenvalue weighted by atomic mass is 10.2. The molecule has 0 atom stereocenters. The molecule has 0 saturated heterocycles. The first-order chi connectivity index (χ1) is 10.5. The summed E-state index contributed by atoms with van der Waals surface area (Å²) in [5.41, 5.74) is 0.562. The van der Waals surface area contributed by atoms with Crippen LogP contribution in [0.25, 0.3) is 0 Å². The molecular weight excluding hydrogens is 331 g/mol. The Labute approximate surface area is 135 Å². The Hall–Kier alpha value is -2.37. The number of halogens is 2. The predicted octanol–water partition coefficient (Wildman–Crippen LogP) is 4.02. The number of ether oxygens (including phenoxy) is 2. The summed E-state index contributed by atoms with van der Waals surface area (Å²) < 4.78 is 9.84. The second-order valence-corrected chi connectivity index (χ2v) is 4.74. The van der Waals surface area contributed by atoms with Crippen LogP contribution in [0.3, 0.4) is 0 Å². The summed E-state index contributed by atoms with van der Waals surface area (Å²) in [6, 6.07) is 11.3. The number of hydrogen-bond acceptors (Lipinski definition) is 5. The summed E-state index contributed by atoms with van der Waals surface area (Å²) in [7, 11) is 0. The number of carbonyl (C=O) groups is 3. The highest BCUT2D eigenvalue weighted by Gasteiger charge is 2.10. The Morgan fingerprint density at radius 1 is 0.636 bits per heavy atom. The highest BCUT2D eigenvalue weighted by Crippen LogP contribution is 2.17. The van der Waals surface area contributed by atoms with E-state index in [4.69, 9.17) is 32.7 Å². The smallest absolute Gasteiger partial charge is 0.395 e. The molecule has 0 aliphatic heterocycles. The molecule has 0 aliphatic carbocycles. The molecule has 0 heterocycles. The van der Waals surface area contributed by atoms with Gasteiger partial charge in [0.25, 0.3) is 10.5 Å². The van der Waals surface area contributed by atoms with Crippen molar-refractivity contribution in [3.8, 4) is 11.5 Å². The average Bonchev–Trinajstić information content (AvgIpc) is 2.48. The van der Waals surface area contributed by atoms with Crippen molar-refractivity contribution in [1.82, 2.24) is 0 Å². The molecule has 0 unspecified atom stereocenters. The van der Waals surface area contributed by atoms with Crippen LogP contribution < -0.4 is 9.47 Å². The second-order valence-electron chi connectivity index (χ2n) is 4.05. The Kier molecular flexibility index (Phi) is 5.14. The van der Waals surface area contributed by atoms with Crippen LogP contribution in [0.15, 0.2) is 48.5 Å². The second kappa shape index (κ2) is 7.06. The maximum absolute atomic E-state index is 11.6. The van der Waals surface area contributed by atoms with Crippen LogP contribution in [0.4, 0.5) is 4.79 Å². The molecule has 5 nitrogen and oxygen atoms in total. The minimum Gasteiger partial charge on any atom is -0.395 e. The Morgan fingerprint density at radius 3 is 1.23 bits per heavy atom. The van der Waals surface area contributed by atoms with Crippen LogP contribution in [0, 0.1) is 0 Å². The molecule has 112 valence electrons. The molecule has 0 amide bonds. The highest BCUT2D eigenvalue weighted by molar-refractivity contribution is 6.68. The molecule has 0 N–H and O–H groups in total. The van der Waals surface area contributed by atoms with E-state index in [1.165, 1.54) is 48.5 Å².